The SMILES string of the molecule is CCOc1ccc(NC(=O)c2ccc(NC(=O)CN(C)[C@@H]3CCc4ccccc43)cc2)cc1. The summed E-state index contributed by atoms with van der Waals surface area (Å²) in [6, 6.07) is 22.8. The number of aryl methyl sites for hydroxylation is 1. The summed E-state index contributed by atoms with van der Waals surface area (Å²) in [6.45, 7) is 2.83. The highest BCUT2D eigenvalue weighted by atomic mass is 16.5. The molecule has 0 saturated heterocycles. The third kappa shape index (κ3) is 5.59. The van der Waals surface area contributed by atoms with Crippen molar-refractivity contribution in [2.75, 3.05) is 30.8 Å². The lowest BCUT2D eigenvalue weighted by molar-refractivity contribution is -0.117. The number of nitrogens with zero attached hydrogens (tertiary/aromatic N) is 1. The van der Waals surface area contributed by atoms with Gasteiger partial charge in [-0.3, -0.25) is 14.5 Å². The number of likely N-dealkylation sites (N-methyl/N-ethyl adjacent to an activating group) is 1. The van der Waals surface area contributed by atoms with Gasteiger partial charge in [0.2, 0.25) is 5.91 Å². The molecule has 3 aromatic carbocycles. The highest BCUT2D eigenvalue weighted by molar-refractivity contribution is 6.04. The molecule has 0 radical (unpaired) electrons. The van der Waals surface area contributed by atoms with E-state index in [4.69, 9.17) is 4.74 Å². The van der Waals surface area contributed by atoms with Crippen LogP contribution < -0.4 is 15.4 Å². The Morgan fingerprint density at radius 1 is 0.939 bits per heavy atom. The molecule has 33 heavy (non-hydrogen) atoms. The van der Waals surface area contributed by atoms with Crippen molar-refractivity contribution in [1.29, 1.82) is 0 Å². The van der Waals surface area contributed by atoms with Crippen LogP contribution in [0.1, 0.15) is 40.9 Å². The van der Waals surface area contributed by atoms with E-state index < -0.39 is 0 Å². The predicted molar refractivity (Wildman–Crippen MR) is 131 cm³/mol. The van der Waals surface area contributed by atoms with Gasteiger partial charge in [-0.2, -0.15) is 0 Å². The average Bonchev–Trinajstić information content (AvgIpc) is 3.25. The van der Waals surface area contributed by atoms with Crippen LogP contribution in [-0.2, 0) is 11.2 Å². The second-order valence-electron chi connectivity index (χ2n) is 8.21. The minimum Gasteiger partial charge on any atom is -0.494 e. The summed E-state index contributed by atoms with van der Waals surface area (Å²) >= 11 is 0. The number of anilines is 2. The van der Waals surface area contributed by atoms with E-state index in [1.807, 2.05) is 26.1 Å². The molecule has 6 nitrogen and oxygen atoms in total. The van der Waals surface area contributed by atoms with Gasteiger partial charge in [-0.25, -0.2) is 0 Å². The van der Waals surface area contributed by atoms with Crippen molar-refractivity contribution < 1.29 is 14.3 Å². The summed E-state index contributed by atoms with van der Waals surface area (Å²) in [5.74, 6) is 0.475. The van der Waals surface area contributed by atoms with Crippen molar-refractivity contribution in [1.82, 2.24) is 4.90 Å². The number of nitrogens with one attached hydrogen (secondary N) is 2. The van der Waals surface area contributed by atoms with E-state index in [-0.39, 0.29) is 17.9 Å². The summed E-state index contributed by atoms with van der Waals surface area (Å²) in [5.41, 5.74) is 4.56. The van der Waals surface area contributed by atoms with Crippen LogP contribution in [0.5, 0.6) is 5.75 Å². The van der Waals surface area contributed by atoms with Crippen LogP contribution in [0.3, 0.4) is 0 Å². The molecular formula is C27H29N3O3. The maximum absolute atomic E-state index is 12.6. The van der Waals surface area contributed by atoms with E-state index in [0.29, 0.717) is 30.1 Å². The Balaban J connectivity index is 1.30. The van der Waals surface area contributed by atoms with Crippen molar-refractivity contribution in [3.05, 3.63) is 89.5 Å². The summed E-state index contributed by atoms with van der Waals surface area (Å²) in [6.07, 6.45) is 2.08. The molecule has 2 N–H and O–H groups in total. The van der Waals surface area contributed by atoms with E-state index >= 15 is 0 Å². The lowest BCUT2D eigenvalue weighted by Crippen LogP contribution is -2.32. The Hall–Kier alpha value is -3.64. The Bertz CT molecular complexity index is 1110. The van der Waals surface area contributed by atoms with Crippen molar-refractivity contribution in [3.63, 3.8) is 0 Å². The minimum atomic E-state index is -0.211. The van der Waals surface area contributed by atoms with Crippen molar-refractivity contribution in [2.24, 2.45) is 0 Å². The Morgan fingerprint density at radius 3 is 2.33 bits per heavy atom. The molecule has 1 atom stereocenters. The highest BCUT2D eigenvalue weighted by Crippen LogP contribution is 2.34. The van der Waals surface area contributed by atoms with Crippen molar-refractivity contribution >= 4 is 23.2 Å². The minimum absolute atomic E-state index is 0.0755. The van der Waals surface area contributed by atoms with Crippen molar-refractivity contribution in [3.8, 4) is 5.75 Å². The molecule has 4 rings (SSSR count). The third-order valence-electron chi connectivity index (χ3n) is 5.88. The molecule has 0 aromatic heterocycles. The van der Waals surface area contributed by atoms with Crippen LogP contribution in [-0.4, -0.2) is 36.9 Å². The lowest BCUT2D eigenvalue weighted by Gasteiger charge is -2.24. The first-order valence-corrected chi connectivity index (χ1v) is 11.3. The van der Waals surface area contributed by atoms with Gasteiger partial charge in [-0.1, -0.05) is 24.3 Å². The molecule has 170 valence electrons. The van der Waals surface area contributed by atoms with Gasteiger partial charge in [0.15, 0.2) is 0 Å². The number of hydrogen-bond donors (Lipinski definition) is 2. The Labute approximate surface area is 194 Å². The molecule has 3 aromatic rings. The molecular weight excluding hydrogens is 414 g/mol. The summed E-state index contributed by atoms with van der Waals surface area (Å²) in [5, 5.41) is 5.79. The summed E-state index contributed by atoms with van der Waals surface area (Å²) in [4.78, 5) is 27.2. The average molecular weight is 444 g/mol. The quantitative estimate of drug-likeness (QED) is 0.520. The topological polar surface area (TPSA) is 70.7 Å². The number of rotatable bonds is 8. The maximum Gasteiger partial charge on any atom is 0.255 e. The zero-order valence-corrected chi connectivity index (χ0v) is 19.0. The number of hydrogen-bond acceptors (Lipinski definition) is 4. The first-order valence-electron chi connectivity index (χ1n) is 11.3. The number of ether oxygens (including phenoxy) is 1. The van der Waals surface area contributed by atoms with Gasteiger partial charge in [0.25, 0.3) is 5.91 Å². The molecule has 0 heterocycles. The molecule has 0 spiro atoms. The molecule has 1 aliphatic carbocycles. The standard InChI is InChI=1S/C27H29N3O3/c1-3-33-23-15-13-22(14-16-23)29-27(32)20-8-11-21(12-9-20)28-26(31)18-30(2)25-17-10-19-6-4-5-7-24(19)25/h4-9,11-16,25H,3,10,17-18H2,1-2H3,(H,28,31)(H,29,32)/t25-/m1/s1. The number of carbonyl (C=O) groups is 2. The summed E-state index contributed by atoms with van der Waals surface area (Å²) < 4.78 is 5.41. The van der Waals surface area contributed by atoms with Gasteiger partial charge >= 0.3 is 0 Å². The zero-order valence-electron chi connectivity index (χ0n) is 19.0. The monoisotopic (exact) mass is 443 g/mol. The lowest BCUT2D eigenvalue weighted by atomic mass is 10.1. The van der Waals surface area contributed by atoms with Crippen molar-refractivity contribution in [2.45, 2.75) is 25.8 Å². The van der Waals surface area contributed by atoms with E-state index in [9.17, 15) is 9.59 Å². The van der Waals surface area contributed by atoms with Gasteiger partial charge in [-0.15, -0.1) is 0 Å². The van der Waals surface area contributed by atoms with Gasteiger partial charge in [-0.05, 0) is 86.5 Å². The number of amides is 2. The molecule has 0 saturated carbocycles. The molecule has 0 fully saturated rings. The smallest absolute Gasteiger partial charge is 0.255 e. The first-order chi connectivity index (χ1) is 16.0. The molecule has 6 heteroatoms. The Kier molecular flexibility index (Phi) is 7.05. The molecule has 1 aliphatic rings. The zero-order chi connectivity index (χ0) is 23.2. The number of fused-ring (bicyclic) bond motifs is 1. The second kappa shape index (κ2) is 10.3. The molecule has 0 unspecified atom stereocenters. The van der Waals surface area contributed by atoms with E-state index in [1.54, 1.807) is 36.4 Å². The molecule has 2 amide bonds. The molecule has 0 bridgehead atoms. The van der Waals surface area contributed by atoms with Gasteiger partial charge < -0.3 is 15.4 Å². The van der Waals surface area contributed by atoms with Gasteiger partial charge in [0.05, 0.1) is 13.2 Å². The Morgan fingerprint density at radius 2 is 1.61 bits per heavy atom. The first kappa shape index (κ1) is 22.6. The van der Waals surface area contributed by atoms with Crippen LogP contribution in [0.25, 0.3) is 0 Å². The largest absolute Gasteiger partial charge is 0.494 e. The van der Waals surface area contributed by atoms with E-state index in [1.165, 1.54) is 11.1 Å². The van der Waals surface area contributed by atoms with Crippen LogP contribution in [0.2, 0.25) is 0 Å². The fourth-order valence-electron chi connectivity index (χ4n) is 4.24. The fourth-order valence-corrected chi connectivity index (χ4v) is 4.24. The van der Waals surface area contributed by atoms with E-state index in [0.717, 1.165) is 18.6 Å². The normalized spacial score (nSPS) is 14.6. The second-order valence-corrected chi connectivity index (χ2v) is 8.21. The predicted octanol–water partition coefficient (Wildman–Crippen LogP) is 4.90. The van der Waals surface area contributed by atoms with Gasteiger partial charge in [0.1, 0.15) is 5.75 Å². The van der Waals surface area contributed by atoms with E-state index in [2.05, 4.69) is 39.8 Å². The molecule has 0 aliphatic heterocycles. The number of carbonyl (C=O) groups excluding carboxylic acids is 2. The van der Waals surface area contributed by atoms with Crippen LogP contribution in [0.4, 0.5) is 11.4 Å². The summed E-state index contributed by atoms with van der Waals surface area (Å²) in [7, 11) is 1.99. The third-order valence-corrected chi connectivity index (χ3v) is 5.88. The highest BCUT2D eigenvalue weighted by Gasteiger charge is 2.26. The van der Waals surface area contributed by atoms with Crippen LogP contribution in [0, 0.1) is 0 Å². The van der Waals surface area contributed by atoms with Crippen LogP contribution >= 0.6 is 0 Å². The fraction of sp³-hybridized carbons (Fsp3) is 0.259. The number of benzene rings is 3. The van der Waals surface area contributed by atoms with Crippen LogP contribution in [0.15, 0.2) is 72.8 Å². The maximum atomic E-state index is 12.6. The van der Waals surface area contributed by atoms with Gasteiger partial charge in [0, 0.05) is 23.0 Å².